The molecule has 0 aliphatic carbocycles. The fourth-order valence-corrected chi connectivity index (χ4v) is 5.59. The molecule has 2 aromatic heterocycles. The van der Waals surface area contributed by atoms with Crippen molar-refractivity contribution in [1.82, 2.24) is 14.8 Å². The Hall–Kier alpha value is -4.27. The van der Waals surface area contributed by atoms with E-state index in [0.29, 0.717) is 11.5 Å². The van der Waals surface area contributed by atoms with Crippen LogP contribution in [0.5, 0.6) is 5.75 Å². The predicted molar refractivity (Wildman–Crippen MR) is 158 cm³/mol. The second-order valence-electron chi connectivity index (χ2n) is 8.83. The molecule has 1 N–H and O–H groups in total. The number of aromatic nitrogens is 2. The lowest BCUT2D eigenvalue weighted by Crippen LogP contribution is -2.31. The minimum absolute atomic E-state index is 0.161. The van der Waals surface area contributed by atoms with Crippen molar-refractivity contribution < 1.29 is 4.74 Å². The summed E-state index contributed by atoms with van der Waals surface area (Å²) in [6.07, 6.45) is 2.78. The molecule has 3 aromatic carbocycles. The van der Waals surface area contributed by atoms with Crippen molar-refractivity contribution >= 4 is 40.1 Å². The minimum atomic E-state index is -0.161. The van der Waals surface area contributed by atoms with Gasteiger partial charge in [-0.2, -0.15) is 21.5 Å². The first kappa shape index (κ1) is 24.1. The highest BCUT2D eigenvalue weighted by molar-refractivity contribution is 7.80. The van der Waals surface area contributed by atoms with E-state index in [-0.39, 0.29) is 6.04 Å². The third-order valence-electron chi connectivity index (χ3n) is 6.48. The molecule has 3 heterocycles. The number of methoxy groups -OCH3 is 1. The van der Waals surface area contributed by atoms with Gasteiger partial charge in [0.05, 0.1) is 24.6 Å². The van der Waals surface area contributed by atoms with Gasteiger partial charge < -0.3 is 10.1 Å². The lowest BCUT2D eigenvalue weighted by molar-refractivity contribution is 0.376. The zero-order valence-electron chi connectivity index (χ0n) is 20.7. The Bertz CT molecular complexity index is 1580. The number of benzene rings is 3. The number of hydrogen-bond acceptors (Lipinski definition) is 5. The fourth-order valence-electron chi connectivity index (χ4n) is 4.64. The number of hydrazone groups is 1. The van der Waals surface area contributed by atoms with Gasteiger partial charge in [-0.15, -0.1) is 0 Å². The zero-order valence-corrected chi connectivity index (χ0v) is 22.3. The first-order valence-electron chi connectivity index (χ1n) is 12.2. The van der Waals surface area contributed by atoms with E-state index < -0.39 is 0 Å². The van der Waals surface area contributed by atoms with Gasteiger partial charge in [0.1, 0.15) is 11.4 Å². The van der Waals surface area contributed by atoms with Gasteiger partial charge in [-0.05, 0) is 65.4 Å². The lowest BCUT2D eigenvalue weighted by Gasteiger charge is -2.25. The first-order valence-corrected chi connectivity index (χ1v) is 13.6. The van der Waals surface area contributed by atoms with E-state index >= 15 is 0 Å². The van der Waals surface area contributed by atoms with Crippen molar-refractivity contribution in [3.63, 3.8) is 0 Å². The molecule has 6 nitrogen and oxygen atoms in total. The van der Waals surface area contributed by atoms with Gasteiger partial charge in [0, 0.05) is 35.0 Å². The van der Waals surface area contributed by atoms with Crippen LogP contribution in [0.15, 0.2) is 113 Å². The first-order chi connectivity index (χ1) is 18.7. The Morgan fingerprint density at radius 3 is 2.45 bits per heavy atom. The molecule has 0 saturated carbocycles. The third kappa shape index (κ3) is 4.71. The molecule has 0 unspecified atom stereocenters. The van der Waals surface area contributed by atoms with E-state index in [1.807, 2.05) is 94.6 Å². The maximum Gasteiger partial charge on any atom is 0.194 e. The summed E-state index contributed by atoms with van der Waals surface area (Å²) in [5, 5.41) is 20.1. The maximum absolute atomic E-state index is 5.92. The number of para-hydroxylation sites is 3. The molecule has 188 valence electrons. The summed E-state index contributed by atoms with van der Waals surface area (Å²) in [6.45, 7) is 0. The molecule has 8 heteroatoms. The SMILES string of the molecule is COc1ccccc1-c1nn(-c2ccccc2)cc1[C@@H]1CC(c2ccsc2)=NN1C(=S)Nc1ccccc1. The minimum Gasteiger partial charge on any atom is -0.496 e. The molecule has 1 aliphatic rings. The number of rotatable bonds is 6. The van der Waals surface area contributed by atoms with E-state index in [1.54, 1.807) is 18.4 Å². The van der Waals surface area contributed by atoms with Crippen LogP contribution >= 0.6 is 23.6 Å². The molecule has 1 aliphatic heterocycles. The van der Waals surface area contributed by atoms with Gasteiger partial charge in [0.25, 0.3) is 0 Å². The Balaban J connectivity index is 1.47. The number of nitrogens with one attached hydrogen (secondary N) is 1. The van der Waals surface area contributed by atoms with Crippen molar-refractivity contribution in [2.24, 2.45) is 5.10 Å². The molecular weight excluding hydrogens is 510 g/mol. The number of anilines is 1. The molecule has 38 heavy (non-hydrogen) atoms. The smallest absolute Gasteiger partial charge is 0.194 e. The van der Waals surface area contributed by atoms with E-state index in [9.17, 15) is 0 Å². The van der Waals surface area contributed by atoms with Gasteiger partial charge in [0.2, 0.25) is 0 Å². The van der Waals surface area contributed by atoms with E-state index in [2.05, 4.69) is 28.3 Å². The largest absolute Gasteiger partial charge is 0.496 e. The number of ether oxygens (including phenoxy) is 1. The Labute approximate surface area is 230 Å². The highest BCUT2D eigenvalue weighted by Crippen LogP contribution is 2.41. The second-order valence-corrected chi connectivity index (χ2v) is 10.00. The number of nitrogens with zero attached hydrogens (tertiary/aromatic N) is 4. The third-order valence-corrected chi connectivity index (χ3v) is 7.45. The molecule has 0 saturated heterocycles. The molecule has 0 bridgehead atoms. The van der Waals surface area contributed by atoms with Crippen molar-refractivity contribution in [2.45, 2.75) is 12.5 Å². The van der Waals surface area contributed by atoms with Crippen LogP contribution in [0.1, 0.15) is 23.6 Å². The number of thiophene rings is 1. The number of thiocarbonyl (C=S) groups is 1. The summed E-state index contributed by atoms with van der Waals surface area (Å²) in [5.41, 5.74) is 6.77. The van der Waals surface area contributed by atoms with Crippen LogP contribution in [0.3, 0.4) is 0 Å². The average molecular weight is 536 g/mol. The Morgan fingerprint density at radius 2 is 1.71 bits per heavy atom. The predicted octanol–water partition coefficient (Wildman–Crippen LogP) is 7.16. The van der Waals surface area contributed by atoms with Gasteiger partial charge in [-0.25, -0.2) is 9.69 Å². The quantitative estimate of drug-likeness (QED) is 0.234. The lowest BCUT2D eigenvalue weighted by atomic mass is 9.97. The molecule has 5 aromatic rings. The standard InChI is InChI=1S/C30H25N5OS2/c1-36-28-15-9-8-14-24(28)29-25(19-34(33-29)23-12-6-3-7-13-23)27-18-26(21-16-17-38-20-21)32-35(27)30(37)31-22-10-4-2-5-11-22/h2-17,19-20,27H,18H2,1H3,(H,31,37)/t27-/m0/s1. The topological polar surface area (TPSA) is 54.7 Å². The summed E-state index contributed by atoms with van der Waals surface area (Å²) >= 11 is 7.58. The molecule has 1 atom stereocenters. The van der Waals surface area contributed by atoms with Crippen LogP contribution in [0.2, 0.25) is 0 Å². The molecule has 0 fully saturated rings. The van der Waals surface area contributed by atoms with E-state index in [0.717, 1.165) is 45.2 Å². The van der Waals surface area contributed by atoms with Gasteiger partial charge in [0.15, 0.2) is 5.11 Å². The van der Waals surface area contributed by atoms with Crippen LogP contribution in [-0.4, -0.2) is 32.7 Å². The molecular formula is C30H25N5OS2. The summed E-state index contributed by atoms with van der Waals surface area (Å²) in [4.78, 5) is 0. The Morgan fingerprint density at radius 1 is 0.974 bits per heavy atom. The zero-order chi connectivity index (χ0) is 25.9. The second kappa shape index (κ2) is 10.6. The van der Waals surface area contributed by atoms with Crippen LogP contribution in [-0.2, 0) is 0 Å². The molecule has 0 spiro atoms. The monoisotopic (exact) mass is 535 g/mol. The summed E-state index contributed by atoms with van der Waals surface area (Å²) in [5.74, 6) is 0.764. The fraction of sp³-hybridized carbons (Fsp3) is 0.100. The van der Waals surface area contributed by atoms with Crippen molar-refractivity contribution in [3.05, 3.63) is 119 Å². The van der Waals surface area contributed by atoms with Crippen molar-refractivity contribution in [1.29, 1.82) is 0 Å². The van der Waals surface area contributed by atoms with E-state index in [1.165, 1.54) is 0 Å². The highest BCUT2D eigenvalue weighted by Gasteiger charge is 2.35. The Kier molecular flexibility index (Phi) is 6.73. The van der Waals surface area contributed by atoms with Gasteiger partial charge in [-0.1, -0.05) is 48.5 Å². The van der Waals surface area contributed by atoms with Crippen molar-refractivity contribution in [3.8, 4) is 22.7 Å². The van der Waals surface area contributed by atoms with Gasteiger partial charge >= 0.3 is 0 Å². The van der Waals surface area contributed by atoms with Crippen LogP contribution in [0.25, 0.3) is 16.9 Å². The van der Waals surface area contributed by atoms with Gasteiger partial charge in [-0.3, -0.25) is 0 Å². The average Bonchev–Trinajstić information content (AvgIpc) is 3.74. The van der Waals surface area contributed by atoms with Crippen LogP contribution in [0, 0.1) is 0 Å². The molecule has 0 radical (unpaired) electrons. The van der Waals surface area contributed by atoms with Crippen LogP contribution in [0.4, 0.5) is 5.69 Å². The van der Waals surface area contributed by atoms with Crippen LogP contribution < -0.4 is 10.1 Å². The summed E-state index contributed by atoms with van der Waals surface area (Å²) < 4.78 is 7.66. The summed E-state index contributed by atoms with van der Waals surface area (Å²) in [7, 11) is 1.69. The molecule has 0 amide bonds. The number of hydrogen-bond donors (Lipinski definition) is 1. The van der Waals surface area contributed by atoms with E-state index in [4.69, 9.17) is 27.2 Å². The normalized spacial score (nSPS) is 14.8. The highest BCUT2D eigenvalue weighted by atomic mass is 32.1. The summed E-state index contributed by atoms with van der Waals surface area (Å²) in [6, 6.07) is 30.0. The molecule has 6 rings (SSSR count). The van der Waals surface area contributed by atoms with Crippen molar-refractivity contribution in [2.75, 3.05) is 12.4 Å². The maximum atomic E-state index is 5.92.